The van der Waals surface area contributed by atoms with Crippen molar-refractivity contribution in [2.75, 3.05) is 6.54 Å². The molecule has 0 saturated carbocycles. The fourth-order valence-corrected chi connectivity index (χ4v) is 1.93. The minimum atomic E-state index is 0.424. The van der Waals surface area contributed by atoms with E-state index in [0.717, 1.165) is 36.1 Å². The van der Waals surface area contributed by atoms with Crippen LogP contribution in [-0.2, 0) is 13.5 Å². The first-order valence-corrected chi connectivity index (χ1v) is 6.07. The van der Waals surface area contributed by atoms with Gasteiger partial charge in [-0.3, -0.25) is 4.68 Å². The number of rotatable bonds is 5. The Labute approximate surface area is 101 Å². The largest absolute Gasteiger partial charge is 0.314 e. The summed E-state index contributed by atoms with van der Waals surface area (Å²) in [5.41, 5.74) is 1.97. The lowest BCUT2D eigenvalue weighted by Gasteiger charge is -2.12. The summed E-state index contributed by atoms with van der Waals surface area (Å²) >= 11 is 0. The lowest BCUT2D eigenvalue weighted by Crippen LogP contribution is -2.29. The summed E-state index contributed by atoms with van der Waals surface area (Å²) in [5.74, 6) is 0. The lowest BCUT2D eigenvalue weighted by molar-refractivity contribution is 0.540. The van der Waals surface area contributed by atoms with E-state index >= 15 is 0 Å². The van der Waals surface area contributed by atoms with Crippen LogP contribution in [0.15, 0.2) is 12.5 Å². The van der Waals surface area contributed by atoms with Crippen LogP contribution in [0.1, 0.15) is 26.0 Å². The standard InChI is InChI=1S/C12H19N5/c1-4-5-13-9(2)6-11-10-7-16-17(3)12(10)15-8-14-11/h7-9,13H,4-6H2,1-3H3. The summed E-state index contributed by atoms with van der Waals surface area (Å²) in [6, 6.07) is 0.424. The van der Waals surface area contributed by atoms with E-state index in [2.05, 4.69) is 34.2 Å². The number of aromatic nitrogens is 4. The van der Waals surface area contributed by atoms with Crippen molar-refractivity contribution in [2.45, 2.75) is 32.7 Å². The highest BCUT2D eigenvalue weighted by Gasteiger charge is 2.10. The molecule has 2 aromatic rings. The van der Waals surface area contributed by atoms with Gasteiger partial charge in [-0.2, -0.15) is 5.10 Å². The van der Waals surface area contributed by atoms with Crippen LogP contribution >= 0.6 is 0 Å². The van der Waals surface area contributed by atoms with Gasteiger partial charge in [0.15, 0.2) is 5.65 Å². The Morgan fingerprint density at radius 1 is 1.41 bits per heavy atom. The van der Waals surface area contributed by atoms with E-state index in [1.807, 2.05) is 13.2 Å². The summed E-state index contributed by atoms with van der Waals surface area (Å²) in [4.78, 5) is 8.60. The summed E-state index contributed by atoms with van der Waals surface area (Å²) in [6.07, 6.45) is 5.52. The lowest BCUT2D eigenvalue weighted by atomic mass is 10.1. The third kappa shape index (κ3) is 2.61. The summed E-state index contributed by atoms with van der Waals surface area (Å²) in [5, 5.41) is 8.74. The molecule has 2 aromatic heterocycles. The first-order valence-electron chi connectivity index (χ1n) is 6.07. The Bertz CT molecular complexity index is 491. The van der Waals surface area contributed by atoms with E-state index in [9.17, 15) is 0 Å². The topological polar surface area (TPSA) is 55.6 Å². The predicted octanol–water partition coefficient (Wildman–Crippen LogP) is 1.29. The van der Waals surface area contributed by atoms with Crippen molar-refractivity contribution in [3.05, 3.63) is 18.2 Å². The van der Waals surface area contributed by atoms with Crippen molar-refractivity contribution in [3.8, 4) is 0 Å². The third-order valence-electron chi connectivity index (χ3n) is 2.85. The number of hydrogen-bond donors (Lipinski definition) is 1. The van der Waals surface area contributed by atoms with Crippen molar-refractivity contribution in [1.29, 1.82) is 0 Å². The van der Waals surface area contributed by atoms with Crippen molar-refractivity contribution in [2.24, 2.45) is 7.05 Å². The van der Waals surface area contributed by atoms with Crippen LogP contribution in [0.2, 0.25) is 0 Å². The zero-order chi connectivity index (χ0) is 12.3. The van der Waals surface area contributed by atoms with Gasteiger partial charge in [-0.1, -0.05) is 6.92 Å². The predicted molar refractivity (Wildman–Crippen MR) is 67.8 cm³/mol. The van der Waals surface area contributed by atoms with Gasteiger partial charge in [0.25, 0.3) is 0 Å². The van der Waals surface area contributed by atoms with Gasteiger partial charge in [-0.25, -0.2) is 9.97 Å². The molecule has 5 nitrogen and oxygen atoms in total. The van der Waals surface area contributed by atoms with E-state index in [1.165, 1.54) is 0 Å². The molecule has 0 fully saturated rings. The van der Waals surface area contributed by atoms with Crippen LogP contribution in [0, 0.1) is 0 Å². The highest BCUT2D eigenvalue weighted by atomic mass is 15.3. The molecular formula is C12H19N5. The molecule has 0 bridgehead atoms. The zero-order valence-electron chi connectivity index (χ0n) is 10.6. The van der Waals surface area contributed by atoms with Crippen LogP contribution in [-0.4, -0.2) is 32.3 Å². The number of hydrogen-bond acceptors (Lipinski definition) is 4. The van der Waals surface area contributed by atoms with E-state index in [4.69, 9.17) is 0 Å². The van der Waals surface area contributed by atoms with Gasteiger partial charge in [0, 0.05) is 19.5 Å². The van der Waals surface area contributed by atoms with Gasteiger partial charge < -0.3 is 5.32 Å². The van der Waals surface area contributed by atoms with Crippen LogP contribution in [0.25, 0.3) is 11.0 Å². The Kier molecular flexibility index (Phi) is 3.68. The highest BCUT2D eigenvalue weighted by Crippen LogP contribution is 2.14. The minimum Gasteiger partial charge on any atom is -0.314 e. The van der Waals surface area contributed by atoms with Gasteiger partial charge in [0.05, 0.1) is 17.3 Å². The molecule has 0 aliphatic heterocycles. The normalized spacial score (nSPS) is 13.1. The maximum Gasteiger partial charge on any atom is 0.161 e. The Balaban J connectivity index is 2.18. The quantitative estimate of drug-likeness (QED) is 0.845. The van der Waals surface area contributed by atoms with Crippen molar-refractivity contribution in [1.82, 2.24) is 25.1 Å². The second-order valence-electron chi connectivity index (χ2n) is 4.39. The third-order valence-corrected chi connectivity index (χ3v) is 2.85. The number of aryl methyl sites for hydroxylation is 1. The summed E-state index contributed by atoms with van der Waals surface area (Å²) < 4.78 is 1.78. The second-order valence-corrected chi connectivity index (χ2v) is 4.39. The Hall–Kier alpha value is -1.49. The molecule has 2 heterocycles. The average Bonchev–Trinajstić information content (AvgIpc) is 2.70. The Morgan fingerprint density at radius 3 is 3.00 bits per heavy atom. The first kappa shape index (κ1) is 12.0. The number of nitrogens with zero attached hydrogens (tertiary/aromatic N) is 4. The molecule has 1 N–H and O–H groups in total. The molecule has 92 valence electrons. The second kappa shape index (κ2) is 5.23. The maximum atomic E-state index is 4.36. The van der Waals surface area contributed by atoms with Gasteiger partial charge in [0.2, 0.25) is 0 Å². The SMILES string of the molecule is CCCNC(C)Cc1ncnc2c1cnn2C. The molecule has 5 heteroatoms. The van der Waals surface area contributed by atoms with Gasteiger partial charge in [-0.15, -0.1) is 0 Å². The summed E-state index contributed by atoms with van der Waals surface area (Å²) in [7, 11) is 1.90. The van der Waals surface area contributed by atoms with Crippen molar-refractivity contribution in [3.63, 3.8) is 0 Å². The van der Waals surface area contributed by atoms with Gasteiger partial charge in [0.1, 0.15) is 6.33 Å². The fourth-order valence-electron chi connectivity index (χ4n) is 1.93. The molecule has 1 unspecified atom stereocenters. The van der Waals surface area contributed by atoms with Crippen LogP contribution < -0.4 is 5.32 Å². The molecule has 0 radical (unpaired) electrons. The molecule has 0 saturated heterocycles. The van der Waals surface area contributed by atoms with Crippen molar-refractivity contribution >= 4 is 11.0 Å². The molecular weight excluding hydrogens is 214 g/mol. The van der Waals surface area contributed by atoms with Gasteiger partial charge >= 0.3 is 0 Å². The zero-order valence-corrected chi connectivity index (χ0v) is 10.6. The fraction of sp³-hybridized carbons (Fsp3) is 0.583. The van der Waals surface area contributed by atoms with E-state index in [-0.39, 0.29) is 0 Å². The van der Waals surface area contributed by atoms with Crippen LogP contribution in [0.3, 0.4) is 0 Å². The Morgan fingerprint density at radius 2 is 2.24 bits per heavy atom. The smallest absolute Gasteiger partial charge is 0.161 e. The van der Waals surface area contributed by atoms with E-state index < -0.39 is 0 Å². The molecule has 17 heavy (non-hydrogen) atoms. The van der Waals surface area contributed by atoms with Crippen molar-refractivity contribution < 1.29 is 0 Å². The molecule has 0 amide bonds. The van der Waals surface area contributed by atoms with Crippen LogP contribution in [0.4, 0.5) is 0 Å². The maximum absolute atomic E-state index is 4.36. The molecule has 0 aromatic carbocycles. The van der Waals surface area contributed by atoms with Crippen LogP contribution in [0.5, 0.6) is 0 Å². The molecule has 2 rings (SSSR count). The van der Waals surface area contributed by atoms with Gasteiger partial charge in [-0.05, 0) is 19.9 Å². The minimum absolute atomic E-state index is 0.424. The average molecular weight is 233 g/mol. The molecule has 0 aliphatic carbocycles. The molecule has 1 atom stereocenters. The monoisotopic (exact) mass is 233 g/mol. The summed E-state index contributed by atoms with van der Waals surface area (Å²) in [6.45, 7) is 5.39. The highest BCUT2D eigenvalue weighted by molar-refractivity contribution is 5.76. The number of nitrogens with one attached hydrogen (secondary N) is 1. The van der Waals surface area contributed by atoms with E-state index in [1.54, 1.807) is 11.0 Å². The first-order chi connectivity index (χ1) is 8.22. The molecule has 0 aliphatic rings. The molecule has 0 spiro atoms. The number of fused-ring (bicyclic) bond motifs is 1. The van der Waals surface area contributed by atoms with E-state index in [0.29, 0.717) is 6.04 Å².